The molecule has 0 spiro atoms. The molecule has 3 N–H and O–H groups in total. The molecule has 8 heavy (non-hydrogen) atoms. The molecule has 0 saturated heterocycles. The fourth-order valence-electron chi connectivity index (χ4n) is 0.410. The van der Waals surface area contributed by atoms with Crippen LogP contribution in [-0.2, 0) is 4.79 Å². The van der Waals surface area contributed by atoms with E-state index in [4.69, 9.17) is 5.73 Å². The number of likely N-dealkylation sites (N-methyl/N-ethyl adjacent to an activating group) is 1. The highest BCUT2D eigenvalue weighted by atomic mass is 16.1. The van der Waals surface area contributed by atoms with Crippen LogP contribution in [0.1, 0.15) is 6.92 Å². The van der Waals surface area contributed by atoms with E-state index in [0.717, 1.165) is 0 Å². The summed E-state index contributed by atoms with van der Waals surface area (Å²) in [5.74, 6) is -0.421. The first-order chi connectivity index (χ1) is 3.72. The third kappa shape index (κ3) is 1.64. The van der Waals surface area contributed by atoms with E-state index in [1.54, 1.807) is 20.0 Å². The lowest BCUT2D eigenvalue weighted by Gasteiger charge is -1.96. The quantitative estimate of drug-likeness (QED) is 0.480. The number of amides is 1. The van der Waals surface area contributed by atoms with Gasteiger partial charge in [0.15, 0.2) is 0 Å². The van der Waals surface area contributed by atoms with Gasteiger partial charge in [-0.3, -0.25) is 4.79 Å². The molecule has 3 heteroatoms. The summed E-state index contributed by atoms with van der Waals surface area (Å²) in [4.78, 5) is 10.3. The summed E-state index contributed by atoms with van der Waals surface area (Å²) in [5.41, 5.74) is 5.34. The number of nitrogens with two attached hydrogens (primary N) is 1. The molecule has 0 fully saturated rings. The summed E-state index contributed by atoms with van der Waals surface area (Å²) in [6.07, 6.45) is 1.63. The molecule has 0 radical (unpaired) electrons. The standard InChI is InChI=1S/C5H10N2O/c1-3-4(7-2)5(6)8/h3,7H,1-2H3,(H2,6,8)/b4-3-. The van der Waals surface area contributed by atoms with Crippen molar-refractivity contribution in [2.24, 2.45) is 5.73 Å². The van der Waals surface area contributed by atoms with Gasteiger partial charge in [-0.05, 0) is 6.92 Å². The lowest BCUT2D eigenvalue weighted by molar-refractivity contribution is -0.114. The van der Waals surface area contributed by atoms with Crippen molar-refractivity contribution in [1.82, 2.24) is 5.32 Å². The van der Waals surface area contributed by atoms with Crippen molar-refractivity contribution < 1.29 is 4.79 Å². The van der Waals surface area contributed by atoms with Crippen LogP contribution in [0.4, 0.5) is 0 Å². The number of primary amides is 1. The van der Waals surface area contributed by atoms with Gasteiger partial charge in [0, 0.05) is 7.05 Å². The summed E-state index contributed by atoms with van der Waals surface area (Å²) >= 11 is 0. The highest BCUT2D eigenvalue weighted by Crippen LogP contribution is 1.81. The molecule has 0 unspecified atom stereocenters. The SMILES string of the molecule is C/C=C(\NC)C(N)=O. The van der Waals surface area contributed by atoms with E-state index in [9.17, 15) is 4.79 Å². The molecule has 1 amide bonds. The fraction of sp³-hybridized carbons (Fsp3) is 0.400. The number of rotatable bonds is 2. The van der Waals surface area contributed by atoms with E-state index < -0.39 is 5.91 Å². The molecule has 0 heterocycles. The van der Waals surface area contributed by atoms with Crippen LogP contribution in [-0.4, -0.2) is 13.0 Å². The lowest BCUT2D eigenvalue weighted by atomic mass is 10.4. The van der Waals surface area contributed by atoms with Crippen LogP contribution in [0.5, 0.6) is 0 Å². The van der Waals surface area contributed by atoms with Crippen molar-refractivity contribution in [3.8, 4) is 0 Å². The van der Waals surface area contributed by atoms with Crippen LogP contribution in [0.2, 0.25) is 0 Å². The zero-order valence-electron chi connectivity index (χ0n) is 5.06. The maximum Gasteiger partial charge on any atom is 0.264 e. The molecular weight excluding hydrogens is 104 g/mol. The van der Waals surface area contributed by atoms with Crippen molar-refractivity contribution in [1.29, 1.82) is 0 Å². The Hall–Kier alpha value is -0.990. The molecule has 0 bridgehead atoms. The third-order valence-electron chi connectivity index (χ3n) is 0.823. The normalized spacial score (nSPS) is 11.0. The Morgan fingerprint density at radius 1 is 1.75 bits per heavy atom. The van der Waals surface area contributed by atoms with Crippen LogP contribution in [0.25, 0.3) is 0 Å². The zero-order valence-corrected chi connectivity index (χ0v) is 5.06. The second kappa shape index (κ2) is 3.07. The topological polar surface area (TPSA) is 55.1 Å². The number of carbonyl (C=O) groups is 1. The first-order valence-electron chi connectivity index (χ1n) is 2.36. The highest BCUT2D eigenvalue weighted by molar-refractivity contribution is 5.91. The molecule has 46 valence electrons. The predicted molar refractivity (Wildman–Crippen MR) is 32.0 cm³/mol. The third-order valence-corrected chi connectivity index (χ3v) is 0.823. The Morgan fingerprint density at radius 3 is 2.25 bits per heavy atom. The molecule has 0 saturated carbocycles. The van der Waals surface area contributed by atoms with Crippen LogP contribution >= 0.6 is 0 Å². The Bertz CT molecular complexity index is 118. The second-order valence-corrected chi connectivity index (χ2v) is 1.32. The number of nitrogens with one attached hydrogen (secondary N) is 1. The summed E-state index contributed by atoms with van der Waals surface area (Å²) in [7, 11) is 1.65. The average molecular weight is 114 g/mol. The van der Waals surface area contributed by atoms with Gasteiger partial charge in [0.2, 0.25) is 0 Å². The monoisotopic (exact) mass is 114 g/mol. The zero-order chi connectivity index (χ0) is 6.57. The van der Waals surface area contributed by atoms with Crippen LogP contribution < -0.4 is 11.1 Å². The Labute approximate surface area is 48.6 Å². The molecule has 0 aromatic heterocycles. The van der Waals surface area contributed by atoms with Gasteiger partial charge in [-0.1, -0.05) is 6.08 Å². The second-order valence-electron chi connectivity index (χ2n) is 1.32. The number of allylic oxidation sites excluding steroid dienone is 1. The molecular formula is C5H10N2O. The average Bonchev–Trinajstić information content (AvgIpc) is 1.69. The molecule has 3 nitrogen and oxygen atoms in total. The van der Waals surface area contributed by atoms with Crippen LogP contribution in [0, 0.1) is 0 Å². The summed E-state index contributed by atoms with van der Waals surface area (Å²) in [6.45, 7) is 1.75. The van der Waals surface area contributed by atoms with Crippen LogP contribution in [0.3, 0.4) is 0 Å². The van der Waals surface area contributed by atoms with E-state index in [1.165, 1.54) is 0 Å². The largest absolute Gasteiger partial charge is 0.384 e. The number of hydrogen-bond donors (Lipinski definition) is 2. The van der Waals surface area contributed by atoms with Crippen LogP contribution in [0.15, 0.2) is 11.8 Å². The van der Waals surface area contributed by atoms with Gasteiger partial charge < -0.3 is 11.1 Å². The summed E-state index contributed by atoms with van der Waals surface area (Å²) < 4.78 is 0. The van der Waals surface area contributed by atoms with Gasteiger partial charge in [-0.25, -0.2) is 0 Å². The van der Waals surface area contributed by atoms with Crippen molar-refractivity contribution in [2.45, 2.75) is 6.92 Å². The van der Waals surface area contributed by atoms with Crippen molar-refractivity contribution in [2.75, 3.05) is 7.05 Å². The Balaban J connectivity index is 3.92. The number of hydrogen-bond acceptors (Lipinski definition) is 2. The van der Waals surface area contributed by atoms with Gasteiger partial charge in [0.25, 0.3) is 5.91 Å². The fourth-order valence-corrected chi connectivity index (χ4v) is 0.410. The number of carbonyl (C=O) groups excluding carboxylic acids is 1. The van der Waals surface area contributed by atoms with Crippen molar-refractivity contribution in [3.05, 3.63) is 11.8 Å². The lowest BCUT2D eigenvalue weighted by Crippen LogP contribution is -2.22. The van der Waals surface area contributed by atoms with E-state index in [-0.39, 0.29) is 0 Å². The van der Waals surface area contributed by atoms with Crippen molar-refractivity contribution >= 4 is 5.91 Å². The first kappa shape index (κ1) is 7.01. The van der Waals surface area contributed by atoms with E-state index in [0.29, 0.717) is 5.70 Å². The predicted octanol–water partition coefficient (Wildman–Crippen LogP) is -0.405. The smallest absolute Gasteiger partial charge is 0.264 e. The van der Waals surface area contributed by atoms with E-state index in [1.807, 2.05) is 0 Å². The van der Waals surface area contributed by atoms with E-state index in [2.05, 4.69) is 5.32 Å². The maximum absolute atomic E-state index is 10.3. The summed E-state index contributed by atoms with van der Waals surface area (Å²) in [5, 5.41) is 2.64. The van der Waals surface area contributed by atoms with Gasteiger partial charge >= 0.3 is 0 Å². The molecule has 0 aliphatic rings. The molecule has 0 aromatic carbocycles. The molecule has 0 aromatic rings. The molecule has 0 rings (SSSR count). The Kier molecular flexibility index (Phi) is 2.69. The van der Waals surface area contributed by atoms with Gasteiger partial charge in [-0.2, -0.15) is 0 Å². The minimum absolute atomic E-state index is 0.421. The summed E-state index contributed by atoms with van der Waals surface area (Å²) in [6, 6.07) is 0. The minimum atomic E-state index is -0.421. The molecule has 0 aliphatic carbocycles. The molecule has 0 atom stereocenters. The highest BCUT2D eigenvalue weighted by Gasteiger charge is 1.95. The van der Waals surface area contributed by atoms with Gasteiger partial charge in [0.1, 0.15) is 0 Å². The van der Waals surface area contributed by atoms with Gasteiger partial charge in [0.05, 0.1) is 5.70 Å². The molecule has 0 aliphatic heterocycles. The Morgan fingerprint density at radius 2 is 2.25 bits per heavy atom. The first-order valence-corrected chi connectivity index (χ1v) is 2.36. The maximum atomic E-state index is 10.3. The van der Waals surface area contributed by atoms with Crippen molar-refractivity contribution in [3.63, 3.8) is 0 Å². The van der Waals surface area contributed by atoms with Gasteiger partial charge in [-0.15, -0.1) is 0 Å². The van der Waals surface area contributed by atoms with E-state index >= 15 is 0 Å². The minimum Gasteiger partial charge on any atom is -0.384 e.